The van der Waals surface area contributed by atoms with Crippen molar-refractivity contribution in [2.75, 3.05) is 38.5 Å². The van der Waals surface area contributed by atoms with E-state index in [1.54, 1.807) is 0 Å². The number of hydrogen-bond donors (Lipinski definition) is 2. The first-order valence-electron chi connectivity index (χ1n) is 15.3. The van der Waals surface area contributed by atoms with Gasteiger partial charge in [-0.1, -0.05) is 6.07 Å². The molecule has 15 heteroatoms. The van der Waals surface area contributed by atoms with Gasteiger partial charge in [-0.15, -0.1) is 11.3 Å². The number of benzene rings is 2. The number of nitrogens with zero attached hydrogens (tertiary/aromatic N) is 4. The van der Waals surface area contributed by atoms with E-state index in [0.29, 0.717) is 37.1 Å². The van der Waals surface area contributed by atoms with Gasteiger partial charge in [-0.3, -0.25) is 4.90 Å². The van der Waals surface area contributed by atoms with E-state index in [9.17, 15) is 22.0 Å². The van der Waals surface area contributed by atoms with E-state index in [1.807, 2.05) is 4.90 Å². The highest BCUT2D eigenvalue weighted by Crippen LogP contribution is 2.51. The first-order valence-corrected chi connectivity index (χ1v) is 16.1. The predicted octanol–water partition coefficient (Wildman–Crippen LogP) is 7.03. The number of halogens is 6. The molecule has 4 aromatic rings. The van der Waals surface area contributed by atoms with Gasteiger partial charge in [0.15, 0.2) is 5.82 Å². The second-order valence-corrected chi connectivity index (χ2v) is 14.2. The molecule has 1 saturated carbocycles. The van der Waals surface area contributed by atoms with Gasteiger partial charge in [-0.25, -0.2) is 18.0 Å². The number of rotatable bonds is 6. The van der Waals surface area contributed by atoms with Crippen LogP contribution in [0.15, 0.2) is 18.2 Å². The highest BCUT2D eigenvalue weighted by Gasteiger charge is 2.51. The number of nitrogens with one attached hydrogen (secondary N) is 1. The number of anilines is 1. The molecule has 2 aromatic carbocycles. The summed E-state index contributed by atoms with van der Waals surface area (Å²) in [6, 6.07) is 2.35. The number of hydrogen-bond acceptors (Lipinski definition) is 8. The molecule has 0 unspecified atom stereocenters. The normalized spacial score (nSPS) is 24.0. The fourth-order valence-corrected chi connectivity index (χ4v) is 8.81. The topological polar surface area (TPSA) is 89.9 Å². The maximum absolute atomic E-state index is 16.8. The molecule has 8 nitrogen and oxygen atoms in total. The van der Waals surface area contributed by atoms with Crippen LogP contribution in [0.2, 0.25) is 0 Å². The lowest BCUT2D eigenvalue weighted by molar-refractivity contribution is -0.137. The molecule has 0 amide bonds. The van der Waals surface area contributed by atoms with Gasteiger partial charge in [0.2, 0.25) is 11.6 Å². The van der Waals surface area contributed by atoms with Gasteiger partial charge >= 0.3 is 12.2 Å². The van der Waals surface area contributed by atoms with Crippen molar-refractivity contribution in [2.24, 2.45) is 5.41 Å². The summed E-state index contributed by atoms with van der Waals surface area (Å²) in [6.45, 7) is 10.2. The summed E-state index contributed by atoms with van der Waals surface area (Å²) in [6.07, 6.45) is -3.38. The second kappa shape index (κ2) is 10.6. The van der Waals surface area contributed by atoms with Crippen LogP contribution in [-0.2, 0) is 6.18 Å². The van der Waals surface area contributed by atoms with E-state index in [2.05, 4.69) is 20.1 Å². The Morgan fingerprint density at radius 3 is 2.66 bits per heavy atom. The molecule has 4 aliphatic rings. The lowest BCUT2D eigenvalue weighted by Gasteiger charge is -2.53. The maximum Gasteiger partial charge on any atom is 0.417 e. The minimum absolute atomic E-state index is 0.00676. The SMILES string of the molecule is [C-]#[N+]c1c(N)sc2c(F)ccc(-c3c(C(F)(F)F)cc4c(OC5CC6(CNC6)C5)nc(OC[C@@]56CCCN5C[C@H](F)C6)nc4c3F)c12. The van der Waals surface area contributed by atoms with Crippen LogP contribution in [0.25, 0.3) is 37.0 Å². The summed E-state index contributed by atoms with van der Waals surface area (Å²) in [5.74, 6) is -2.42. The summed E-state index contributed by atoms with van der Waals surface area (Å²) >= 11 is 0.699. The zero-order valence-corrected chi connectivity index (χ0v) is 25.6. The van der Waals surface area contributed by atoms with Crippen LogP contribution < -0.4 is 20.5 Å². The third-order valence-electron chi connectivity index (χ3n) is 10.2. The molecule has 2 aromatic heterocycles. The molecule has 3 aliphatic heterocycles. The Morgan fingerprint density at radius 2 is 1.96 bits per heavy atom. The minimum atomic E-state index is -5.08. The Kier molecular flexibility index (Phi) is 6.85. The number of thiophene rings is 1. The minimum Gasteiger partial charge on any atom is -0.474 e. The molecule has 0 radical (unpaired) electrons. The summed E-state index contributed by atoms with van der Waals surface area (Å²) in [5, 5.41) is 2.58. The molecule has 3 saturated heterocycles. The van der Waals surface area contributed by atoms with Crippen molar-refractivity contribution in [3.05, 3.63) is 46.8 Å². The average Bonchev–Trinajstić information content (AvgIpc) is 3.62. The first-order chi connectivity index (χ1) is 22.4. The van der Waals surface area contributed by atoms with Gasteiger partial charge in [0.25, 0.3) is 0 Å². The van der Waals surface area contributed by atoms with Crippen molar-refractivity contribution < 1.29 is 35.8 Å². The monoisotopic (exact) mass is 674 g/mol. The highest BCUT2D eigenvalue weighted by molar-refractivity contribution is 7.23. The zero-order chi connectivity index (χ0) is 32.9. The molecule has 8 rings (SSSR count). The fraction of sp³-hybridized carbons (Fsp3) is 0.469. The molecule has 2 atom stereocenters. The Hall–Kier alpha value is -3.87. The molecule has 3 N–H and O–H groups in total. The van der Waals surface area contributed by atoms with Gasteiger partial charge < -0.3 is 20.5 Å². The quantitative estimate of drug-likeness (QED) is 0.168. The third kappa shape index (κ3) is 4.78. The first kappa shape index (κ1) is 30.5. The van der Waals surface area contributed by atoms with Crippen molar-refractivity contribution in [2.45, 2.75) is 56.1 Å². The number of nitrogens with two attached hydrogens (primary N) is 1. The molecule has 47 heavy (non-hydrogen) atoms. The van der Waals surface area contributed by atoms with Crippen molar-refractivity contribution in [1.82, 2.24) is 20.2 Å². The molecule has 0 bridgehead atoms. The van der Waals surface area contributed by atoms with Crippen molar-refractivity contribution >= 4 is 43.0 Å². The van der Waals surface area contributed by atoms with E-state index in [-0.39, 0.29) is 74.7 Å². The van der Waals surface area contributed by atoms with Crippen LogP contribution in [0.5, 0.6) is 11.9 Å². The highest BCUT2D eigenvalue weighted by atomic mass is 32.1. The van der Waals surface area contributed by atoms with Gasteiger partial charge in [-0.05, 0) is 49.9 Å². The van der Waals surface area contributed by atoms with Crippen LogP contribution in [0.1, 0.15) is 37.7 Å². The number of ether oxygens (including phenoxy) is 2. The van der Waals surface area contributed by atoms with Gasteiger partial charge in [0.05, 0.1) is 32.8 Å². The lowest BCUT2D eigenvalue weighted by atomic mass is 9.63. The van der Waals surface area contributed by atoms with Crippen molar-refractivity contribution in [3.8, 4) is 23.0 Å². The zero-order valence-electron chi connectivity index (χ0n) is 24.8. The summed E-state index contributed by atoms with van der Waals surface area (Å²) in [7, 11) is 0. The van der Waals surface area contributed by atoms with Crippen LogP contribution >= 0.6 is 11.3 Å². The van der Waals surface area contributed by atoms with Gasteiger partial charge in [0, 0.05) is 42.4 Å². The smallest absolute Gasteiger partial charge is 0.417 e. The number of fused-ring (bicyclic) bond motifs is 3. The predicted molar refractivity (Wildman–Crippen MR) is 163 cm³/mol. The summed E-state index contributed by atoms with van der Waals surface area (Å²) in [5.41, 5.74) is 2.02. The summed E-state index contributed by atoms with van der Waals surface area (Å²) in [4.78, 5) is 13.9. The van der Waals surface area contributed by atoms with E-state index >= 15 is 4.39 Å². The van der Waals surface area contributed by atoms with Crippen LogP contribution in [-0.4, -0.2) is 65.5 Å². The molecule has 4 fully saturated rings. The molecular weight excluding hydrogens is 646 g/mol. The van der Waals surface area contributed by atoms with Crippen LogP contribution in [0.3, 0.4) is 0 Å². The molecule has 1 spiro atoms. The molecular formula is C32H28F6N6O2S. The van der Waals surface area contributed by atoms with E-state index in [0.717, 1.165) is 37.7 Å². The fourth-order valence-electron chi connectivity index (χ4n) is 7.88. The van der Waals surface area contributed by atoms with E-state index < -0.39 is 46.2 Å². The molecule has 246 valence electrons. The number of nitrogen functional groups attached to an aromatic ring is 1. The van der Waals surface area contributed by atoms with Gasteiger partial charge in [0.1, 0.15) is 30.2 Å². The summed E-state index contributed by atoms with van der Waals surface area (Å²) < 4.78 is 102. The Bertz CT molecular complexity index is 1980. The second-order valence-electron chi connectivity index (χ2n) is 13.2. The largest absolute Gasteiger partial charge is 0.474 e. The van der Waals surface area contributed by atoms with Crippen LogP contribution in [0.4, 0.5) is 37.0 Å². The van der Waals surface area contributed by atoms with Crippen molar-refractivity contribution in [1.29, 1.82) is 0 Å². The molecule has 5 heterocycles. The third-order valence-corrected chi connectivity index (χ3v) is 11.2. The van der Waals surface area contributed by atoms with Crippen molar-refractivity contribution in [3.63, 3.8) is 0 Å². The van der Waals surface area contributed by atoms with E-state index in [1.165, 1.54) is 0 Å². The Morgan fingerprint density at radius 1 is 1.17 bits per heavy atom. The Labute approximate surface area is 268 Å². The molecule has 1 aliphatic carbocycles. The standard InChI is InChI=1S/C32H28F6N6O2S/c1-40-25-22-17(3-4-20(34)26(22)47-27(25)39)21-19(32(36,37)38)7-18-24(23(21)35)42-29(43-28(18)46-16-9-30(10-16)12-41-13-30)45-14-31-5-2-6-44(31)11-15(33)8-31/h3-4,7,15-16,41H,2,5-6,8-14,39H2/t15-,31+/m1/s1. The Balaban J connectivity index is 1.30. The number of aromatic nitrogens is 2. The van der Waals surface area contributed by atoms with E-state index in [4.69, 9.17) is 21.8 Å². The average molecular weight is 675 g/mol. The lowest BCUT2D eigenvalue weighted by Crippen LogP contribution is -2.62. The van der Waals surface area contributed by atoms with Gasteiger partial charge in [-0.2, -0.15) is 23.1 Å². The van der Waals surface area contributed by atoms with Crippen LogP contribution in [0, 0.1) is 23.6 Å². The number of alkyl halides is 4. The maximum atomic E-state index is 16.8.